The van der Waals surface area contributed by atoms with Crippen LogP contribution in [-0.2, 0) is 0 Å². The first-order valence-corrected chi connectivity index (χ1v) is 3.83. The molecule has 0 radical (unpaired) electrons. The first-order valence-electron chi connectivity index (χ1n) is 3.83. The largest absolute Gasteiger partial charge is 0.328 e. The second-order valence-corrected chi connectivity index (χ2v) is 3.53. The van der Waals surface area contributed by atoms with Gasteiger partial charge in [-0.3, -0.25) is 0 Å². The van der Waals surface area contributed by atoms with E-state index >= 15 is 0 Å². The van der Waals surface area contributed by atoms with Crippen LogP contribution >= 0.6 is 0 Å². The van der Waals surface area contributed by atoms with E-state index in [1.807, 2.05) is 6.92 Å². The van der Waals surface area contributed by atoms with Crippen LogP contribution in [0.4, 0.5) is 0 Å². The summed E-state index contributed by atoms with van der Waals surface area (Å²) in [6, 6.07) is 2.59. The molecule has 0 aromatic heterocycles. The van der Waals surface area contributed by atoms with Gasteiger partial charge in [0.25, 0.3) is 0 Å². The second kappa shape index (κ2) is 2.59. The molecule has 1 aliphatic rings. The molecule has 2 atom stereocenters. The standard InChI is InChI=1S/C8H14N2/c1-8(6-9)4-2-3-7(10)5-8/h7H,2-5,10H2,1H3/t7-,8+/m0/s1. The molecule has 1 aliphatic carbocycles. The summed E-state index contributed by atoms with van der Waals surface area (Å²) in [5.74, 6) is 0. The van der Waals surface area contributed by atoms with E-state index in [1.165, 1.54) is 0 Å². The molecule has 2 nitrogen and oxygen atoms in total. The van der Waals surface area contributed by atoms with Crippen LogP contribution in [0.15, 0.2) is 0 Å². The highest BCUT2D eigenvalue weighted by molar-refractivity contribution is 4.99. The molecular formula is C8H14N2. The van der Waals surface area contributed by atoms with E-state index in [-0.39, 0.29) is 11.5 Å². The van der Waals surface area contributed by atoms with Gasteiger partial charge in [0.05, 0.1) is 11.5 Å². The maximum absolute atomic E-state index is 8.76. The van der Waals surface area contributed by atoms with Crippen molar-refractivity contribution in [3.05, 3.63) is 0 Å². The molecule has 0 amide bonds. The van der Waals surface area contributed by atoms with Gasteiger partial charge < -0.3 is 5.73 Å². The first-order chi connectivity index (χ1) is 4.66. The quantitative estimate of drug-likeness (QED) is 0.550. The molecule has 0 aromatic rings. The van der Waals surface area contributed by atoms with E-state index in [1.54, 1.807) is 0 Å². The monoisotopic (exact) mass is 138 g/mol. The molecule has 0 heterocycles. The minimum Gasteiger partial charge on any atom is -0.328 e. The maximum Gasteiger partial charge on any atom is 0.0687 e. The lowest BCUT2D eigenvalue weighted by molar-refractivity contribution is 0.267. The van der Waals surface area contributed by atoms with Crippen LogP contribution in [0, 0.1) is 16.7 Å². The van der Waals surface area contributed by atoms with Gasteiger partial charge in [-0.2, -0.15) is 5.26 Å². The van der Waals surface area contributed by atoms with Gasteiger partial charge >= 0.3 is 0 Å². The maximum atomic E-state index is 8.76. The molecule has 10 heavy (non-hydrogen) atoms. The minimum atomic E-state index is -0.127. The molecule has 2 N–H and O–H groups in total. The summed E-state index contributed by atoms with van der Waals surface area (Å²) in [5, 5.41) is 8.76. The summed E-state index contributed by atoms with van der Waals surface area (Å²) in [6.45, 7) is 2.01. The van der Waals surface area contributed by atoms with Crippen molar-refractivity contribution in [2.75, 3.05) is 0 Å². The highest BCUT2D eigenvalue weighted by Crippen LogP contribution is 2.33. The molecule has 56 valence electrons. The molecule has 1 rings (SSSR count). The second-order valence-electron chi connectivity index (χ2n) is 3.53. The van der Waals surface area contributed by atoms with E-state index in [4.69, 9.17) is 11.0 Å². The summed E-state index contributed by atoms with van der Waals surface area (Å²) in [4.78, 5) is 0. The van der Waals surface area contributed by atoms with Crippen LogP contribution in [0.2, 0.25) is 0 Å². The third kappa shape index (κ3) is 1.48. The Hall–Kier alpha value is -0.550. The Morgan fingerprint density at radius 3 is 2.80 bits per heavy atom. The average Bonchev–Trinajstić information content (AvgIpc) is 1.88. The van der Waals surface area contributed by atoms with Gasteiger partial charge in [-0.25, -0.2) is 0 Å². The van der Waals surface area contributed by atoms with Crippen molar-refractivity contribution in [1.82, 2.24) is 0 Å². The van der Waals surface area contributed by atoms with Gasteiger partial charge in [0.1, 0.15) is 0 Å². The fraction of sp³-hybridized carbons (Fsp3) is 0.875. The summed E-state index contributed by atoms with van der Waals surface area (Å²) >= 11 is 0. The van der Waals surface area contributed by atoms with Crippen LogP contribution in [0.25, 0.3) is 0 Å². The molecule has 1 saturated carbocycles. The molecule has 2 heteroatoms. The predicted molar refractivity (Wildman–Crippen MR) is 40.2 cm³/mol. The van der Waals surface area contributed by atoms with Crippen molar-refractivity contribution in [3.8, 4) is 6.07 Å². The number of hydrogen-bond donors (Lipinski definition) is 1. The van der Waals surface area contributed by atoms with Gasteiger partial charge in [-0.1, -0.05) is 6.42 Å². The van der Waals surface area contributed by atoms with Crippen molar-refractivity contribution >= 4 is 0 Å². The zero-order valence-electron chi connectivity index (χ0n) is 6.43. The van der Waals surface area contributed by atoms with Crippen LogP contribution < -0.4 is 5.73 Å². The summed E-state index contributed by atoms with van der Waals surface area (Å²) in [6.07, 6.45) is 4.11. The Labute approximate surface area is 62.0 Å². The lowest BCUT2D eigenvalue weighted by Crippen LogP contribution is -2.33. The van der Waals surface area contributed by atoms with E-state index in [9.17, 15) is 0 Å². The van der Waals surface area contributed by atoms with E-state index in [2.05, 4.69) is 6.07 Å². The molecule has 0 bridgehead atoms. The SMILES string of the molecule is C[C@@]1(C#N)CCC[C@H](N)C1. The zero-order chi connectivity index (χ0) is 7.61. The molecule has 0 saturated heterocycles. The van der Waals surface area contributed by atoms with Crippen molar-refractivity contribution < 1.29 is 0 Å². The van der Waals surface area contributed by atoms with Crippen LogP contribution in [-0.4, -0.2) is 6.04 Å². The lowest BCUT2D eigenvalue weighted by Gasteiger charge is -2.30. The summed E-state index contributed by atoms with van der Waals surface area (Å²) in [5.41, 5.74) is 5.61. The number of nitrogens with two attached hydrogens (primary N) is 1. The van der Waals surface area contributed by atoms with E-state index < -0.39 is 0 Å². The zero-order valence-corrected chi connectivity index (χ0v) is 6.43. The molecular weight excluding hydrogens is 124 g/mol. The Bertz CT molecular complexity index is 159. The smallest absolute Gasteiger partial charge is 0.0687 e. The lowest BCUT2D eigenvalue weighted by atomic mass is 9.75. The molecule has 0 unspecified atom stereocenters. The van der Waals surface area contributed by atoms with Crippen molar-refractivity contribution in [2.24, 2.45) is 11.1 Å². The van der Waals surface area contributed by atoms with Crippen molar-refractivity contribution in [3.63, 3.8) is 0 Å². The highest BCUT2D eigenvalue weighted by atomic mass is 14.6. The van der Waals surface area contributed by atoms with E-state index in [0.717, 1.165) is 25.7 Å². The van der Waals surface area contributed by atoms with Crippen LogP contribution in [0.5, 0.6) is 0 Å². The van der Waals surface area contributed by atoms with Crippen molar-refractivity contribution in [2.45, 2.75) is 38.6 Å². The van der Waals surface area contributed by atoms with Gasteiger partial charge in [0.2, 0.25) is 0 Å². The van der Waals surface area contributed by atoms with Gasteiger partial charge in [0, 0.05) is 6.04 Å². The number of hydrogen-bond acceptors (Lipinski definition) is 2. The Balaban J connectivity index is 2.56. The third-order valence-electron chi connectivity index (χ3n) is 2.29. The van der Waals surface area contributed by atoms with Crippen LogP contribution in [0.1, 0.15) is 32.6 Å². The van der Waals surface area contributed by atoms with Gasteiger partial charge in [-0.15, -0.1) is 0 Å². The number of nitrogens with zero attached hydrogens (tertiary/aromatic N) is 1. The topological polar surface area (TPSA) is 49.8 Å². The minimum absolute atomic E-state index is 0.127. The van der Waals surface area contributed by atoms with E-state index in [0.29, 0.717) is 0 Å². The van der Waals surface area contributed by atoms with Crippen LogP contribution in [0.3, 0.4) is 0 Å². The molecule has 1 fully saturated rings. The third-order valence-corrected chi connectivity index (χ3v) is 2.29. The van der Waals surface area contributed by atoms with Gasteiger partial charge in [0.15, 0.2) is 0 Å². The molecule has 0 spiro atoms. The molecule has 0 aromatic carbocycles. The van der Waals surface area contributed by atoms with Gasteiger partial charge in [-0.05, 0) is 26.2 Å². The number of nitriles is 1. The normalized spacial score (nSPS) is 40.7. The summed E-state index contributed by atoms with van der Waals surface area (Å²) in [7, 11) is 0. The number of rotatable bonds is 0. The predicted octanol–water partition coefficient (Wildman–Crippen LogP) is 1.42. The molecule has 0 aliphatic heterocycles. The Morgan fingerprint density at radius 2 is 2.40 bits per heavy atom. The fourth-order valence-corrected chi connectivity index (χ4v) is 1.64. The Kier molecular flexibility index (Phi) is 1.96. The fourth-order valence-electron chi connectivity index (χ4n) is 1.64. The average molecular weight is 138 g/mol. The Morgan fingerprint density at radius 1 is 1.70 bits per heavy atom. The first kappa shape index (κ1) is 7.56. The highest BCUT2D eigenvalue weighted by Gasteiger charge is 2.30. The summed E-state index contributed by atoms with van der Waals surface area (Å²) < 4.78 is 0. The van der Waals surface area contributed by atoms with Crippen molar-refractivity contribution in [1.29, 1.82) is 5.26 Å².